The number of amides is 2. The van der Waals surface area contributed by atoms with Crippen molar-refractivity contribution in [2.24, 2.45) is 5.10 Å². The van der Waals surface area contributed by atoms with Gasteiger partial charge >= 0.3 is 6.03 Å². The number of carbonyl (C=O) groups is 1. The molecule has 0 saturated carbocycles. The van der Waals surface area contributed by atoms with E-state index in [2.05, 4.69) is 15.8 Å². The number of para-hydroxylation sites is 2. The van der Waals surface area contributed by atoms with Crippen LogP contribution < -0.4 is 15.5 Å². The molecule has 8 nitrogen and oxygen atoms in total. The summed E-state index contributed by atoms with van der Waals surface area (Å²) in [5.41, 5.74) is 2.92. The minimum atomic E-state index is -0.596. The molecule has 2 amide bonds. The van der Waals surface area contributed by atoms with Gasteiger partial charge in [-0.1, -0.05) is 29.8 Å². The second-order valence-electron chi connectivity index (χ2n) is 4.49. The van der Waals surface area contributed by atoms with Crippen molar-refractivity contribution in [1.29, 1.82) is 0 Å². The summed E-state index contributed by atoms with van der Waals surface area (Å²) in [5, 5.41) is 17.1. The van der Waals surface area contributed by atoms with E-state index in [1.807, 2.05) is 0 Å². The highest BCUT2D eigenvalue weighted by atomic mass is 35.5. The number of hydrogen-bond donors (Lipinski definition) is 2. The van der Waals surface area contributed by atoms with E-state index in [-0.39, 0.29) is 10.7 Å². The molecule has 24 heavy (non-hydrogen) atoms. The Morgan fingerprint density at radius 1 is 1.33 bits per heavy atom. The lowest BCUT2D eigenvalue weighted by molar-refractivity contribution is -0.384. The molecule has 2 N–H and O–H groups in total. The Hall–Kier alpha value is -3.13. The van der Waals surface area contributed by atoms with Gasteiger partial charge in [0.15, 0.2) is 0 Å². The maximum absolute atomic E-state index is 11.8. The Kier molecular flexibility index (Phi) is 5.69. The molecule has 0 fully saturated rings. The van der Waals surface area contributed by atoms with Crippen molar-refractivity contribution in [2.75, 3.05) is 12.4 Å². The Balaban J connectivity index is 2.00. The predicted molar refractivity (Wildman–Crippen MR) is 90.8 cm³/mol. The molecule has 0 aliphatic heterocycles. The molecule has 0 radical (unpaired) electrons. The molecule has 0 saturated heterocycles. The van der Waals surface area contributed by atoms with Crippen LogP contribution in [0.3, 0.4) is 0 Å². The number of nitrogens with zero attached hydrogens (tertiary/aromatic N) is 2. The van der Waals surface area contributed by atoms with Gasteiger partial charge in [-0.15, -0.1) is 0 Å². The van der Waals surface area contributed by atoms with Crippen molar-refractivity contribution < 1.29 is 14.5 Å². The van der Waals surface area contributed by atoms with Gasteiger partial charge in [-0.05, 0) is 18.2 Å². The van der Waals surface area contributed by atoms with E-state index in [4.69, 9.17) is 16.3 Å². The van der Waals surface area contributed by atoms with E-state index in [0.29, 0.717) is 17.0 Å². The highest BCUT2D eigenvalue weighted by Gasteiger charge is 2.12. The first kappa shape index (κ1) is 17.2. The van der Waals surface area contributed by atoms with Crippen LogP contribution in [0.4, 0.5) is 16.2 Å². The van der Waals surface area contributed by atoms with Crippen LogP contribution in [-0.4, -0.2) is 24.3 Å². The second kappa shape index (κ2) is 7.93. The highest BCUT2D eigenvalue weighted by Crippen LogP contribution is 2.24. The monoisotopic (exact) mass is 348 g/mol. The van der Waals surface area contributed by atoms with E-state index in [9.17, 15) is 14.9 Å². The molecular weight excluding hydrogens is 336 g/mol. The van der Waals surface area contributed by atoms with Gasteiger partial charge in [0.2, 0.25) is 0 Å². The van der Waals surface area contributed by atoms with Crippen molar-refractivity contribution >= 4 is 35.2 Å². The van der Waals surface area contributed by atoms with Crippen molar-refractivity contribution in [3.63, 3.8) is 0 Å². The molecule has 0 unspecified atom stereocenters. The quantitative estimate of drug-likeness (QED) is 0.490. The molecule has 2 aromatic carbocycles. The van der Waals surface area contributed by atoms with Crippen LogP contribution in [0.2, 0.25) is 5.02 Å². The zero-order valence-electron chi connectivity index (χ0n) is 12.5. The third-order valence-corrected chi connectivity index (χ3v) is 3.22. The van der Waals surface area contributed by atoms with Crippen LogP contribution in [-0.2, 0) is 0 Å². The third kappa shape index (κ3) is 4.43. The Bertz CT molecular complexity index is 795. The number of carbonyl (C=O) groups excluding carboxylic acids is 1. The van der Waals surface area contributed by atoms with Crippen LogP contribution in [0.1, 0.15) is 5.56 Å². The summed E-state index contributed by atoms with van der Waals surface area (Å²) in [4.78, 5) is 22.0. The molecule has 124 valence electrons. The van der Waals surface area contributed by atoms with E-state index in [1.54, 1.807) is 30.3 Å². The maximum Gasteiger partial charge on any atom is 0.339 e. The first-order valence-corrected chi connectivity index (χ1v) is 7.06. The number of nitrogens with one attached hydrogen (secondary N) is 2. The molecule has 2 rings (SSSR count). The zero-order chi connectivity index (χ0) is 17.5. The van der Waals surface area contributed by atoms with E-state index >= 15 is 0 Å². The summed E-state index contributed by atoms with van der Waals surface area (Å²) in [7, 11) is 1.49. The highest BCUT2D eigenvalue weighted by molar-refractivity contribution is 6.32. The summed E-state index contributed by atoms with van der Waals surface area (Å²) < 4.78 is 5.11. The number of halogens is 1. The molecule has 0 bridgehead atoms. The van der Waals surface area contributed by atoms with Crippen LogP contribution in [0.25, 0.3) is 0 Å². The molecule has 2 aromatic rings. The molecule has 0 aromatic heterocycles. The second-order valence-corrected chi connectivity index (χ2v) is 4.90. The largest absolute Gasteiger partial charge is 0.495 e. The average molecular weight is 349 g/mol. The van der Waals surface area contributed by atoms with Crippen LogP contribution in [0.15, 0.2) is 47.6 Å². The number of anilines is 1. The fourth-order valence-corrected chi connectivity index (χ4v) is 2.00. The van der Waals surface area contributed by atoms with E-state index in [0.717, 1.165) is 0 Å². The molecule has 9 heteroatoms. The number of benzene rings is 2. The average Bonchev–Trinajstić information content (AvgIpc) is 2.56. The third-order valence-electron chi connectivity index (χ3n) is 2.90. The number of urea groups is 1. The number of hydrogen-bond acceptors (Lipinski definition) is 5. The van der Waals surface area contributed by atoms with Gasteiger partial charge in [0.25, 0.3) is 5.69 Å². The summed E-state index contributed by atoms with van der Waals surface area (Å²) in [6.45, 7) is 0. The predicted octanol–water partition coefficient (Wildman–Crippen LogP) is 3.41. The van der Waals surface area contributed by atoms with Gasteiger partial charge in [0.1, 0.15) is 10.8 Å². The molecule has 0 spiro atoms. The molecule has 0 atom stereocenters. The van der Waals surface area contributed by atoms with Gasteiger partial charge in [0, 0.05) is 11.6 Å². The lowest BCUT2D eigenvalue weighted by Gasteiger charge is -2.08. The zero-order valence-corrected chi connectivity index (χ0v) is 13.3. The number of nitro benzene ring substituents is 1. The molecule has 0 heterocycles. The van der Waals surface area contributed by atoms with Crippen LogP contribution in [0.5, 0.6) is 5.75 Å². The summed E-state index contributed by atoms with van der Waals surface area (Å²) in [5.74, 6) is 0.505. The standard InChI is InChI=1S/C15H13ClN4O4/c1-24-14-5-3-2-4-12(14)18-15(21)19-17-9-10-6-7-11(16)13(8-10)20(22)23/h2-9H,1H3,(H2,18,19,21)/b17-9+. The Morgan fingerprint density at radius 2 is 2.08 bits per heavy atom. The summed E-state index contributed by atoms with van der Waals surface area (Å²) >= 11 is 5.72. The first-order chi connectivity index (χ1) is 11.5. The van der Waals surface area contributed by atoms with Gasteiger partial charge in [-0.2, -0.15) is 5.10 Å². The van der Waals surface area contributed by atoms with Crippen molar-refractivity contribution in [2.45, 2.75) is 0 Å². The van der Waals surface area contributed by atoms with Gasteiger partial charge in [-0.25, -0.2) is 10.2 Å². The van der Waals surface area contributed by atoms with Gasteiger partial charge in [0.05, 0.1) is 23.9 Å². The fourth-order valence-electron chi connectivity index (χ4n) is 1.81. The minimum Gasteiger partial charge on any atom is -0.495 e. The summed E-state index contributed by atoms with van der Waals surface area (Å²) in [6.07, 6.45) is 1.27. The lowest BCUT2D eigenvalue weighted by atomic mass is 10.2. The summed E-state index contributed by atoms with van der Waals surface area (Å²) in [6, 6.07) is 10.5. The Labute approximate surface area is 142 Å². The first-order valence-electron chi connectivity index (χ1n) is 6.68. The fraction of sp³-hybridized carbons (Fsp3) is 0.0667. The minimum absolute atomic E-state index is 0.0269. The van der Waals surface area contributed by atoms with Crippen molar-refractivity contribution in [1.82, 2.24) is 5.43 Å². The van der Waals surface area contributed by atoms with Gasteiger partial charge in [-0.3, -0.25) is 10.1 Å². The maximum atomic E-state index is 11.8. The SMILES string of the molecule is COc1ccccc1NC(=O)N/N=C/c1ccc(Cl)c([N+](=O)[O-])c1. The normalized spacial score (nSPS) is 10.4. The number of rotatable bonds is 5. The van der Waals surface area contributed by atoms with E-state index < -0.39 is 11.0 Å². The number of ether oxygens (including phenoxy) is 1. The Morgan fingerprint density at radius 3 is 2.79 bits per heavy atom. The smallest absolute Gasteiger partial charge is 0.339 e. The lowest BCUT2D eigenvalue weighted by Crippen LogP contribution is -2.24. The number of nitro groups is 1. The van der Waals surface area contributed by atoms with Crippen molar-refractivity contribution in [3.8, 4) is 5.75 Å². The molecular formula is C15H13ClN4O4. The molecule has 0 aliphatic rings. The van der Waals surface area contributed by atoms with E-state index in [1.165, 1.54) is 25.5 Å². The molecule has 0 aliphatic carbocycles. The number of methoxy groups -OCH3 is 1. The van der Waals surface area contributed by atoms with Gasteiger partial charge < -0.3 is 10.1 Å². The van der Waals surface area contributed by atoms with Crippen LogP contribution in [0, 0.1) is 10.1 Å². The number of hydrazone groups is 1. The van der Waals surface area contributed by atoms with Crippen molar-refractivity contribution in [3.05, 3.63) is 63.2 Å². The topological polar surface area (TPSA) is 106 Å². The van der Waals surface area contributed by atoms with Crippen LogP contribution >= 0.6 is 11.6 Å².